The van der Waals surface area contributed by atoms with E-state index >= 15 is 0 Å². The molecule has 1 aromatic rings. The Morgan fingerprint density at radius 3 is 2.79 bits per heavy atom. The first-order chi connectivity index (χ1) is 11.6. The van der Waals surface area contributed by atoms with E-state index in [2.05, 4.69) is 55.3 Å². The van der Waals surface area contributed by atoms with Crippen molar-refractivity contribution >= 4 is 11.9 Å². The largest absolute Gasteiger partial charge is 0.469 e. The van der Waals surface area contributed by atoms with Gasteiger partial charge in [0.05, 0.1) is 13.0 Å². The number of hydrogen-bond acceptors (Lipinski definition) is 3. The van der Waals surface area contributed by atoms with Crippen LogP contribution in [-0.2, 0) is 16.0 Å². The monoisotopic (exact) mass is 331 g/mol. The van der Waals surface area contributed by atoms with Gasteiger partial charge in [-0.05, 0) is 37.3 Å². The van der Waals surface area contributed by atoms with Gasteiger partial charge in [-0.3, -0.25) is 9.79 Å². The van der Waals surface area contributed by atoms with Gasteiger partial charge in [-0.25, -0.2) is 0 Å². The summed E-state index contributed by atoms with van der Waals surface area (Å²) in [6.07, 6.45) is 0.922. The molecule has 24 heavy (non-hydrogen) atoms. The lowest BCUT2D eigenvalue weighted by Crippen LogP contribution is -2.40. The van der Waals surface area contributed by atoms with Crippen LogP contribution in [0.3, 0.4) is 0 Å². The number of aryl methyl sites for hydroxylation is 1. The Labute approximate surface area is 145 Å². The molecule has 2 rings (SSSR count). The summed E-state index contributed by atoms with van der Waals surface area (Å²) in [6.45, 7) is 9.35. The highest BCUT2D eigenvalue weighted by Crippen LogP contribution is 2.24. The quantitative estimate of drug-likeness (QED) is 0.511. The number of nitrogens with one attached hydrogen (secondary N) is 1. The SMILES string of the molecule is CCNC(=NCCc1ccccc1C)N1CC(C)C(C(=O)OC)C1. The molecule has 0 aliphatic carbocycles. The Morgan fingerprint density at radius 2 is 2.12 bits per heavy atom. The van der Waals surface area contributed by atoms with Gasteiger partial charge in [-0.15, -0.1) is 0 Å². The predicted molar refractivity (Wildman–Crippen MR) is 97.1 cm³/mol. The zero-order valence-corrected chi connectivity index (χ0v) is 15.2. The van der Waals surface area contributed by atoms with Crippen molar-refractivity contribution in [1.29, 1.82) is 0 Å². The van der Waals surface area contributed by atoms with Crippen LogP contribution in [0.25, 0.3) is 0 Å². The van der Waals surface area contributed by atoms with Gasteiger partial charge in [0.2, 0.25) is 0 Å². The maximum atomic E-state index is 11.9. The van der Waals surface area contributed by atoms with Crippen molar-refractivity contribution in [2.75, 3.05) is 33.3 Å². The summed E-state index contributed by atoms with van der Waals surface area (Å²) in [5.74, 6) is 0.970. The van der Waals surface area contributed by atoms with Gasteiger partial charge in [0, 0.05) is 26.2 Å². The summed E-state index contributed by atoms with van der Waals surface area (Å²) in [5.41, 5.74) is 2.64. The number of nitrogens with zero attached hydrogens (tertiary/aromatic N) is 2. The van der Waals surface area contributed by atoms with Crippen molar-refractivity contribution in [2.24, 2.45) is 16.8 Å². The number of rotatable bonds is 5. The lowest BCUT2D eigenvalue weighted by molar-refractivity contribution is -0.145. The highest BCUT2D eigenvalue weighted by atomic mass is 16.5. The van der Waals surface area contributed by atoms with E-state index in [-0.39, 0.29) is 17.8 Å². The molecule has 1 saturated heterocycles. The third kappa shape index (κ3) is 4.49. The minimum atomic E-state index is -0.124. The Hall–Kier alpha value is -2.04. The molecule has 132 valence electrons. The number of benzene rings is 1. The summed E-state index contributed by atoms with van der Waals surface area (Å²) < 4.78 is 4.92. The molecule has 1 heterocycles. The average Bonchev–Trinajstić information content (AvgIpc) is 2.96. The molecule has 1 aliphatic heterocycles. The number of methoxy groups -OCH3 is 1. The van der Waals surface area contributed by atoms with Gasteiger partial charge in [-0.2, -0.15) is 0 Å². The Kier molecular flexibility index (Phi) is 6.64. The smallest absolute Gasteiger partial charge is 0.310 e. The minimum absolute atomic E-state index is 0.0739. The highest BCUT2D eigenvalue weighted by Gasteiger charge is 2.36. The maximum Gasteiger partial charge on any atom is 0.310 e. The van der Waals surface area contributed by atoms with Crippen LogP contribution in [0.2, 0.25) is 0 Å². The number of aliphatic imine (C=N–C) groups is 1. The first kappa shape index (κ1) is 18.3. The fourth-order valence-electron chi connectivity index (χ4n) is 3.20. The maximum absolute atomic E-state index is 11.9. The zero-order chi connectivity index (χ0) is 17.5. The molecule has 1 aliphatic rings. The van der Waals surface area contributed by atoms with E-state index in [1.54, 1.807) is 0 Å². The number of hydrogen-bond donors (Lipinski definition) is 1. The van der Waals surface area contributed by atoms with Crippen LogP contribution in [0.4, 0.5) is 0 Å². The minimum Gasteiger partial charge on any atom is -0.469 e. The first-order valence-corrected chi connectivity index (χ1v) is 8.72. The molecule has 0 radical (unpaired) electrons. The molecule has 0 bridgehead atoms. The molecule has 0 spiro atoms. The fraction of sp³-hybridized carbons (Fsp3) is 0.579. The second-order valence-electron chi connectivity index (χ2n) is 6.42. The Balaban J connectivity index is 2.01. The van der Waals surface area contributed by atoms with E-state index in [1.165, 1.54) is 18.2 Å². The molecule has 5 heteroatoms. The van der Waals surface area contributed by atoms with Crippen LogP contribution in [0.5, 0.6) is 0 Å². The summed E-state index contributed by atoms with van der Waals surface area (Å²) in [5, 5.41) is 3.35. The van der Waals surface area contributed by atoms with Gasteiger partial charge in [0.25, 0.3) is 0 Å². The predicted octanol–water partition coefficient (Wildman–Crippen LogP) is 2.24. The van der Waals surface area contributed by atoms with E-state index in [0.29, 0.717) is 6.54 Å². The van der Waals surface area contributed by atoms with Gasteiger partial charge >= 0.3 is 5.97 Å². The van der Waals surface area contributed by atoms with Crippen molar-refractivity contribution in [2.45, 2.75) is 27.2 Å². The number of carbonyl (C=O) groups is 1. The van der Waals surface area contributed by atoms with Crippen molar-refractivity contribution < 1.29 is 9.53 Å². The van der Waals surface area contributed by atoms with Gasteiger partial charge in [0.1, 0.15) is 0 Å². The Bertz CT molecular complexity index is 586. The van der Waals surface area contributed by atoms with Crippen LogP contribution in [0.15, 0.2) is 29.3 Å². The van der Waals surface area contributed by atoms with Gasteiger partial charge in [0.15, 0.2) is 5.96 Å². The first-order valence-electron chi connectivity index (χ1n) is 8.72. The Morgan fingerprint density at radius 1 is 1.38 bits per heavy atom. The van der Waals surface area contributed by atoms with Crippen molar-refractivity contribution in [1.82, 2.24) is 10.2 Å². The molecule has 1 fully saturated rings. The molecular formula is C19H29N3O2. The second-order valence-corrected chi connectivity index (χ2v) is 6.42. The summed E-state index contributed by atoms with van der Waals surface area (Å²) in [4.78, 5) is 18.8. The van der Waals surface area contributed by atoms with E-state index in [1.807, 2.05) is 0 Å². The number of carbonyl (C=O) groups excluding carboxylic acids is 1. The molecule has 0 amide bonds. The molecule has 2 unspecified atom stereocenters. The van der Waals surface area contributed by atoms with Crippen molar-refractivity contribution in [3.05, 3.63) is 35.4 Å². The van der Waals surface area contributed by atoms with Gasteiger partial charge < -0.3 is 15.0 Å². The molecule has 5 nitrogen and oxygen atoms in total. The molecule has 2 atom stereocenters. The van der Waals surface area contributed by atoms with Crippen molar-refractivity contribution in [3.63, 3.8) is 0 Å². The van der Waals surface area contributed by atoms with Crippen LogP contribution < -0.4 is 5.32 Å². The standard InChI is InChI=1S/C19H29N3O2/c1-5-20-19(21-11-10-16-9-7-6-8-14(16)2)22-12-15(3)17(13-22)18(23)24-4/h6-9,15,17H,5,10-13H2,1-4H3,(H,20,21). The molecular weight excluding hydrogens is 302 g/mol. The van der Waals surface area contributed by atoms with Gasteiger partial charge in [-0.1, -0.05) is 31.2 Å². The lowest BCUT2D eigenvalue weighted by atomic mass is 9.99. The van der Waals surface area contributed by atoms with E-state index in [4.69, 9.17) is 9.73 Å². The van der Waals surface area contributed by atoms with Crippen LogP contribution >= 0.6 is 0 Å². The summed E-state index contributed by atoms with van der Waals surface area (Å²) in [6, 6.07) is 8.42. The average molecular weight is 331 g/mol. The van der Waals surface area contributed by atoms with E-state index in [9.17, 15) is 4.79 Å². The number of guanidine groups is 1. The normalized spacial score (nSPS) is 21.0. The topological polar surface area (TPSA) is 53.9 Å². The highest BCUT2D eigenvalue weighted by molar-refractivity contribution is 5.82. The fourth-order valence-corrected chi connectivity index (χ4v) is 3.20. The number of esters is 1. The molecule has 0 saturated carbocycles. The lowest BCUT2D eigenvalue weighted by Gasteiger charge is -2.21. The summed E-state index contributed by atoms with van der Waals surface area (Å²) in [7, 11) is 1.46. The molecule has 1 N–H and O–H groups in total. The molecule has 0 aromatic heterocycles. The van der Waals surface area contributed by atoms with Crippen LogP contribution in [0, 0.1) is 18.8 Å². The third-order valence-electron chi connectivity index (χ3n) is 4.65. The van der Waals surface area contributed by atoms with E-state index < -0.39 is 0 Å². The van der Waals surface area contributed by atoms with Crippen LogP contribution in [-0.4, -0.2) is 50.1 Å². The van der Waals surface area contributed by atoms with Crippen LogP contribution in [0.1, 0.15) is 25.0 Å². The zero-order valence-electron chi connectivity index (χ0n) is 15.2. The molecule has 1 aromatic carbocycles. The van der Waals surface area contributed by atoms with Crippen molar-refractivity contribution in [3.8, 4) is 0 Å². The van der Waals surface area contributed by atoms with E-state index in [0.717, 1.165) is 32.0 Å². The third-order valence-corrected chi connectivity index (χ3v) is 4.65. The second kappa shape index (κ2) is 8.71. The number of likely N-dealkylation sites (tertiary alicyclic amines) is 1. The number of ether oxygens (including phenoxy) is 1. The summed E-state index contributed by atoms with van der Waals surface area (Å²) >= 11 is 0.